The van der Waals surface area contributed by atoms with Crippen LogP contribution in [-0.4, -0.2) is 30.2 Å². The van der Waals surface area contributed by atoms with Gasteiger partial charge in [0.25, 0.3) is 0 Å². The van der Waals surface area contributed by atoms with E-state index in [1.54, 1.807) is 10.9 Å². The Balaban J connectivity index is 1.82. The zero-order valence-corrected chi connectivity index (χ0v) is 17.8. The van der Waals surface area contributed by atoms with Crippen molar-refractivity contribution in [2.75, 3.05) is 0 Å². The van der Waals surface area contributed by atoms with Crippen molar-refractivity contribution in [1.29, 1.82) is 5.26 Å². The molecule has 164 valence electrons. The minimum Gasteiger partial charge on any atom is -0.306 e. The smallest absolute Gasteiger partial charge is 0.306 e. The largest absolute Gasteiger partial charge is 0.404 e. The van der Waals surface area contributed by atoms with Gasteiger partial charge in [-0.2, -0.15) is 23.2 Å². The van der Waals surface area contributed by atoms with Gasteiger partial charge in [0.2, 0.25) is 10.0 Å². The van der Waals surface area contributed by atoms with Crippen LogP contribution in [0, 0.1) is 18.3 Å². The number of sulfonamides is 1. The average Bonchev–Trinajstić information content (AvgIpc) is 2.99. The van der Waals surface area contributed by atoms with Gasteiger partial charge >= 0.3 is 6.18 Å². The monoisotopic (exact) mass is 458 g/mol. The number of hydrogen-bond acceptors (Lipinski definition) is 4. The lowest BCUT2D eigenvalue weighted by molar-refractivity contribution is -0.147. The molecule has 1 N–H and O–H groups in total. The zero-order chi connectivity index (χ0) is 23.3. The quantitative estimate of drug-likeness (QED) is 0.609. The van der Waals surface area contributed by atoms with Gasteiger partial charge in [-0.1, -0.05) is 18.2 Å². The summed E-state index contributed by atoms with van der Waals surface area (Å²) in [6, 6.07) is 7.22. The van der Waals surface area contributed by atoms with E-state index >= 15 is 0 Å². The normalized spacial score (nSPS) is 14.7. The van der Waals surface area contributed by atoms with Crippen molar-refractivity contribution in [2.45, 2.75) is 31.0 Å². The fourth-order valence-electron chi connectivity index (χ4n) is 3.40. The molecule has 1 aliphatic rings. The van der Waals surface area contributed by atoms with E-state index in [9.17, 15) is 26.9 Å². The van der Waals surface area contributed by atoms with Gasteiger partial charge in [0.05, 0.1) is 16.1 Å². The maximum atomic E-state index is 12.8. The first kappa shape index (κ1) is 21.8. The van der Waals surface area contributed by atoms with Crippen LogP contribution in [0.1, 0.15) is 18.1 Å². The van der Waals surface area contributed by atoms with E-state index in [1.165, 1.54) is 24.3 Å². The molecule has 4 rings (SSSR count). The molecule has 0 unspecified atom stereocenters. The number of benzene rings is 1. The summed E-state index contributed by atoms with van der Waals surface area (Å²) in [4.78, 5) is 4.09. The second-order valence-corrected chi connectivity index (χ2v) is 9.12. The molecule has 1 atom stereocenters. The average molecular weight is 458 g/mol. The highest BCUT2D eigenvalue weighted by molar-refractivity contribution is 7.89. The van der Waals surface area contributed by atoms with E-state index in [2.05, 4.69) is 11.1 Å². The second-order valence-electron chi connectivity index (χ2n) is 7.41. The van der Waals surface area contributed by atoms with Gasteiger partial charge in [0.15, 0.2) is 0 Å². The summed E-state index contributed by atoms with van der Waals surface area (Å²) in [6.07, 6.45) is 2.54. The summed E-state index contributed by atoms with van der Waals surface area (Å²) in [7, 11) is -4.38. The zero-order valence-electron chi connectivity index (χ0n) is 17.0. The minimum absolute atomic E-state index is 0.310. The number of hydrogen-bond donors (Lipinski definition) is 1. The number of pyridine rings is 1. The van der Waals surface area contributed by atoms with Crippen molar-refractivity contribution >= 4 is 26.8 Å². The van der Waals surface area contributed by atoms with Gasteiger partial charge in [-0.3, -0.25) is 4.98 Å². The Bertz CT molecular complexity index is 1430. The van der Waals surface area contributed by atoms with E-state index in [0.717, 1.165) is 23.7 Å². The molecule has 0 bridgehead atoms. The van der Waals surface area contributed by atoms with E-state index in [4.69, 9.17) is 0 Å². The Morgan fingerprint density at radius 1 is 1.22 bits per heavy atom. The van der Waals surface area contributed by atoms with Gasteiger partial charge < -0.3 is 4.57 Å². The molecule has 0 fully saturated rings. The SMILES string of the molecule is Cc1cnc2c(C#N)c(-c3ccc(S(=O)(=O)N[C@@H](C)C(F)(F)F)cc3)n(C3=CC=C3)c2c1. The van der Waals surface area contributed by atoms with Crippen molar-refractivity contribution in [3.05, 3.63) is 65.9 Å². The standard InChI is InChI=1S/C22H17F3N4O2S/c1-13-10-19-20(27-12-13)18(11-26)21(29(19)16-4-3-5-16)15-6-8-17(9-7-15)32(30,31)28-14(2)22(23,24)25/h3-10,12,14,28H,1-2H3/t14-/m0/s1. The lowest BCUT2D eigenvalue weighted by Gasteiger charge is -2.18. The summed E-state index contributed by atoms with van der Waals surface area (Å²) < 4.78 is 66.6. The Morgan fingerprint density at radius 2 is 1.88 bits per heavy atom. The predicted octanol–water partition coefficient (Wildman–Crippen LogP) is 4.52. The van der Waals surface area contributed by atoms with Crippen molar-refractivity contribution in [2.24, 2.45) is 0 Å². The summed E-state index contributed by atoms with van der Waals surface area (Å²) in [5.74, 6) is 0. The Morgan fingerprint density at radius 3 is 2.41 bits per heavy atom. The van der Waals surface area contributed by atoms with Crippen LogP contribution in [0.3, 0.4) is 0 Å². The first-order chi connectivity index (χ1) is 15.0. The summed E-state index contributed by atoms with van der Waals surface area (Å²) >= 11 is 0. The molecule has 0 aliphatic heterocycles. The van der Waals surface area contributed by atoms with E-state index in [-0.39, 0.29) is 4.90 Å². The van der Waals surface area contributed by atoms with Crippen LogP contribution >= 0.6 is 0 Å². The highest BCUT2D eigenvalue weighted by atomic mass is 32.2. The van der Waals surface area contributed by atoms with Crippen molar-refractivity contribution in [3.63, 3.8) is 0 Å². The third-order valence-electron chi connectivity index (χ3n) is 5.11. The number of aryl methyl sites for hydroxylation is 1. The molecule has 2 aromatic heterocycles. The van der Waals surface area contributed by atoms with Crippen molar-refractivity contribution in [3.8, 4) is 17.3 Å². The van der Waals surface area contributed by atoms with Crippen molar-refractivity contribution in [1.82, 2.24) is 14.3 Å². The van der Waals surface area contributed by atoms with Crippen LogP contribution in [-0.2, 0) is 10.0 Å². The highest BCUT2D eigenvalue weighted by Gasteiger charge is 2.38. The number of fused-ring (bicyclic) bond motifs is 1. The molecule has 0 amide bonds. The molecule has 0 spiro atoms. The number of halogens is 3. The molecule has 0 radical (unpaired) electrons. The summed E-state index contributed by atoms with van der Waals surface area (Å²) in [5, 5.41) is 9.84. The number of nitrogens with zero attached hydrogens (tertiary/aromatic N) is 3. The topological polar surface area (TPSA) is 87.8 Å². The lowest BCUT2D eigenvalue weighted by Crippen LogP contribution is -2.42. The third kappa shape index (κ3) is 3.70. The molecule has 10 heteroatoms. The van der Waals surface area contributed by atoms with Gasteiger partial charge in [-0.15, -0.1) is 0 Å². The summed E-state index contributed by atoms with van der Waals surface area (Å²) in [6.45, 7) is 2.62. The maximum Gasteiger partial charge on any atom is 0.404 e. The van der Waals surface area contributed by atoms with Gasteiger partial charge in [0.1, 0.15) is 23.2 Å². The number of rotatable bonds is 5. The van der Waals surface area contributed by atoms with E-state index in [1.807, 2.05) is 35.8 Å². The number of aromatic nitrogens is 2. The fourth-order valence-corrected chi connectivity index (χ4v) is 4.63. The molecular formula is C22H17F3N4O2S. The van der Waals surface area contributed by atoms with Crippen LogP contribution in [0.5, 0.6) is 0 Å². The molecule has 1 aliphatic carbocycles. The number of nitriles is 1. The van der Waals surface area contributed by atoms with Gasteiger partial charge in [0, 0.05) is 17.5 Å². The van der Waals surface area contributed by atoms with Gasteiger partial charge in [-0.25, -0.2) is 8.42 Å². The molecule has 0 saturated heterocycles. The Kier molecular flexibility index (Phi) is 5.19. The Hall–Kier alpha value is -3.42. The van der Waals surface area contributed by atoms with Crippen LogP contribution in [0.2, 0.25) is 0 Å². The number of alkyl halides is 3. The highest BCUT2D eigenvalue weighted by Crippen LogP contribution is 2.37. The maximum absolute atomic E-state index is 12.8. The first-order valence-electron chi connectivity index (χ1n) is 9.52. The molecule has 0 saturated carbocycles. The minimum atomic E-state index is -4.70. The Labute approximate surface area is 182 Å². The number of allylic oxidation sites excluding steroid dienone is 4. The van der Waals surface area contributed by atoms with Gasteiger partial charge in [-0.05, 0) is 49.8 Å². The second kappa shape index (κ2) is 7.62. The number of nitrogens with one attached hydrogen (secondary N) is 1. The lowest BCUT2D eigenvalue weighted by atomic mass is 10.1. The molecule has 6 nitrogen and oxygen atoms in total. The first-order valence-corrected chi connectivity index (χ1v) is 11.0. The summed E-state index contributed by atoms with van der Waals surface area (Å²) in [5.41, 5.74) is 4.34. The molecule has 2 heterocycles. The molecule has 1 aromatic carbocycles. The van der Waals surface area contributed by atoms with Crippen molar-refractivity contribution < 1.29 is 21.6 Å². The van der Waals surface area contributed by atoms with E-state index < -0.39 is 22.2 Å². The molecule has 3 aromatic rings. The van der Waals surface area contributed by atoms with Crippen LogP contribution in [0.25, 0.3) is 28.0 Å². The van der Waals surface area contributed by atoms with Crippen LogP contribution in [0.15, 0.2) is 59.7 Å². The third-order valence-corrected chi connectivity index (χ3v) is 6.66. The predicted molar refractivity (Wildman–Crippen MR) is 114 cm³/mol. The molecular weight excluding hydrogens is 441 g/mol. The van der Waals surface area contributed by atoms with Crippen LogP contribution in [0.4, 0.5) is 13.2 Å². The molecule has 32 heavy (non-hydrogen) atoms. The van der Waals surface area contributed by atoms with E-state index in [0.29, 0.717) is 22.3 Å². The fraction of sp³-hybridized carbons (Fsp3) is 0.182. The van der Waals surface area contributed by atoms with Crippen LogP contribution < -0.4 is 4.72 Å².